The predicted octanol–water partition coefficient (Wildman–Crippen LogP) is 2.18. The van der Waals surface area contributed by atoms with Gasteiger partial charge in [-0.2, -0.15) is 0 Å². The Labute approximate surface area is 167 Å². The minimum Gasteiger partial charge on any atom is -0.339 e. The Hall–Kier alpha value is -1.41. The zero-order valence-electron chi connectivity index (χ0n) is 15.4. The van der Waals surface area contributed by atoms with Gasteiger partial charge in [0.05, 0.1) is 4.90 Å². The van der Waals surface area contributed by atoms with Crippen molar-refractivity contribution in [1.82, 2.24) is 14.9 Å². The van der Waals surface area contributed by atoms with Gasteiger partial charge in [0.25, 0.3) is 5.91 Å². The van der Waals surface area contributed by atoms with E-state index < -0.39 is 10.0 Å². The van der Waals surface area contributed by atoms with E-state index in [0.29, 0.717) is 11.6 Å². The number of benzene rings is 1. The van der Waals surface area contributed by atoms with Crippen molar-refractivity contribution in [1.29, 1.82) is 0 Å². The van der Waals surface area contributed by atoms with Crippen molar-refractivity contribution in [3.05, 3.63) is 42.5 Å². The number of hydrogen-bond acceptors (Lipinski definition) is 4. The number of hydrogen-bond donors (Lipinski definition) is 2. The molecule has 1 heterocycles. The maximum absolute atomic E-state index is 12.6. The molecule has 6 nitrogen and oxygen atoms in total. The van der Waals surface area contributed by atoms with Gasteiger partial charge in [0.2, 0.25) is 10.0 Å². The molecule has 1 saturated carbocycles. The first kappa shape index (κ1) is 21.9. The summed E-state index contributed by atoms with van der Waals surface area (Å²) in [6.45, 7) is 6.25. The molecule has 8 heteroatoms. The average Bonchev–Trinajstić information content (AvgIpc) is 3.49. The third-order valence-corrected chi connectivity index (χ3v) is 6.44. The van der Waals surface area contributed by atoms with Crippen LogP contribution in [0.4, 0.5) is 0 Å². The smallest absolute Gasteiger partial charge is 0.253 e. The summed E-state index contributed by atoms with van der Waals surface area (Å²) in [5.74, 6) is 0.832. The first-order chi connectivity index (χ1) is 12.5. The highest BCUT2D eigenvalue weighted by Crippen LogP contribution is 2.28. The van der Waals surface area contributed by atoms with Gasteiger partial charge in [-0.05, 0) is 62.4 Å². The van der Waals surface area contributed by atoms with Crippen molar-refractivity contribution in [2.75, 3.05) is 26.2 Å². The molecule has 1 aliphatic carbocycles. The molecular weight excluding hydrogens is 386 g/mol. The number of likely N-dealkylation sites (tertiary alicyclic amines) is 1. The van der Waals surface area contributed by atoms with Crippen LogP contribution in [0.25, 0.3) is 0 Å². The second kappa shape index (κ2) is 9.68. The number of halogens is 1. The van der Waals surface area contributed by atoms with Crippen LogP contribution in [0.2, 0.25) is 0 Å². The standard InChI is InChI=1S/C19H27N3O3S.ClH/c1-2-11-21-26(24,25)18-7-5-16(6-8-18)19(23)22-12-9-17(10-13-22)20-14-15-3-4-15;/h2,5-8,15,17,20-21H,1,3-4,9-14H2;1H. The summed E-state index contributed by atoms with van der Waals surface area (Å²) in [6, 6.07) is 6.62. The second-order valence-electron chi connectivity index (χ2n) is 7.08. The van der Waals surface area contributed by atoms with Crippen molar-refractivity contribution in [2.24, 2.45) is 5.92 Å². The van der Waals surface area contributed by atoms with Gasteiger partial charge >= 0.3 is 0 Å². The lowest BCUT2D eigenvalue weighted by Crippen LogP contribution is -2.45. The van der Waals surface area contributed by atoms with Crippen molar-refractivity contribution in [3.8, 4) is 0 Å². The van der Waals surface area contributed by atoms with Crippen LogP contribution in [-0.2, 0) is 10.0 Å². The van der Waals surface area contributed by atoms with Gasteiger partial charge in [-0.25, -0.2) is 13.1 Å². The molecule has 1 aliphatic heterocycles. The molecule has 0 spiro atoms. The molecule has 0 aromatic heterocycles. The highest BCUT2D eigenvalue weighted by molar-refractivity contribution is 7.89. The molecule has 1 aromatic rings. The molecule has 3 rings (SSSR count). The number of nitrogens with one attached hydrogen (secondary N) is 2. The summed E-state index contributed by atoms with van der Waals surface area (Å²) in [6.07, 6.45) is 6.11. The fraction of sp³-hybridized carbons (Fsp3) is 0.526. The maximum Gasteiger partial charge on any atom is 0.253 e. The van der Waals surface area contributed by atoms with Gasteiger partial charge in [0.15, 0.2) is 0 Å². The van der Waals surface area contributed by atoms with Gasteiger partial charge < -0.3 is 10.2 Å². The monoisotopic (exact) mass is 413 g/mol. The van der Waals surface area contributed by atoms with E-state index in [1.165, 1.54) is 31.1 Å². The molecule has 0 atom stereocenters. The molecule has 2 N–H and O–H groups in total. The van der Waals surface area contributed by atoms with Crippen LogP contribution in [0.5, 0.6) is 0 Å². The lowest BCUT2D eigenvalue weighted by atomic mass is 10.0. The second-order valence-corrected chi connectivity index (χ2v) is 8.85. The van der Waals surface area contributed by atoms with E-state index in [1.54, 1.807) is 12.1 Å². The fourth-order valence-corrected chi connectivity index (χ4v) is 4.15. The number of carbonyl (C=O) groups is 1. The van der Waals surface area contributed by atoms with Crippen molar-refractivity contribution >= 4 is 28.3 Å². The summed E-state index contributed by atoms with van der Waals surface area (Å²) >= 11 is 0. The topological polar surface area (TPSA) is 78.5 Å². The van der Waals surface area contributed by atoms with E-state index in [1.807, 2.05) is 4.90 Å². The molecule has 0 radical (unpaired) electrons. The van der Waals surface area contributed by atoms with E-state index in [0.717, 1.165) is 38.4 Å². The van der Waals surface area contributed by atoms with Crippen molar-refractivity contribution < 1.29 is 13.2 Å². The van der Waals surface area contributed by atoms with E-state index in [2.05, 4.69) is 16.6 Å². The van der Waals surface area contributed by atoms with Gasteiger partial charge in [0.1, 0.15) is 0 Å². The summed E-state index contributed by atoms with van der Waals surface area (Å²) in [5.41, 5.74) is 0.525. The third kappa shape index (κ3) is 6.04. The summed E-state index contributed by atoms with van der Waals surface area (Å²) in [4.78, 5) is 14.7. The van der Waals surface area contributed by atoms with Crippen LogP contribution in [0.1, 0.15) is 36.0 Å². The van der Waals surface area contributed by atoms with Gasteiger partial charge in [-0.3, -0.25) is 4.79 Å². The lowest BCUT2D eigenvalue weighted by Gasteiger charge is -2.32. The highest BCUT2D eigenvalue weighted by atomic mass is 35.5. The fourth-order valence-electron chi connectivity index (χ4n) is 3.15. The largest absolute Gasteiger partial charge is 0.339 e. The summed E-state index contributed by atoms with van der Waals surface area (Å²) in [7, 11) is -3.56. The van der Waals surface area contributed by atoms with Crippen molar-refractivity contribution in [3.63, 3.8) is 0 Å². The Bertz CT molecular complexity index is 740. The summed E-state index contributed by atoms with van der Waals surface area (Å²) in [5, 5.41) is 3.60. The average molecular weight is 414 g/mol. The number of rotatable bonds is 8. The predicted molar refractivity (Wildman–Crippen MR) is 109 cm³/mol. The number of carbonyl (C=O) groups excluding carboxylic acids is 1. The number of amides is 1. The van der Waals surface area contributed by atoms with Crippen molar-refractivity contribution in [2.45, 2.75) is 36.6 Å². The third-order valence-electron chi connectivity index (χ3n) is 5.00. The Morgan fingerprint density at radius 3 is 2.33 bits per heavy atom. The quantitative estimate of drug-likeness (QED) is 0.640. The van der Waals surface area contributed by atoms with Crippen LogP contribution in [0.3, 0.4) is 0 Å². The molecule has 2 aliphatic rings. The number of sulfonamides is 1. The molecule has 1 saturated heterocycles. The van der Waals surface area contributed by atoms with Gasteiger partial charge in [0, 0.05) is 31.2 Å². The molecule has 0 bridgehead atoms. The Morgan fingerprint density at radius 2 is 1.78 bits per heavy atom. The van der Waals surface area contributed by atoms with E-state index >= 15 is 0 Å². The SMILES string of the molecule is C=CCNS(=O)(=O)c1ccc(C(=O)N2CCC(NCC3CC3)CC2)cc1.Cl. The van der Waals surface area contributed by atoms with Crippen LogP contribution < -0.4 is 10.0 Å². The van der Waals surface area contributed by atoms with Gasteiger partial charge in [-0.15, -0.1) is 19.0 Å². The van der Waals surface area contributed by atoms with Crippen LogP contribution >= 0.6 is 12.4 Å². The zero-order valence-corrected chi connectivity index (χ0v) is 17.0. The molecule has 0 unspecified atom stereocenters. The van der Waals surface area contributed by atoms with E-state index in [4.69, 9.17) is 0 Å². The number of piperidine rings is 1. The normalized spacial score (nSPS) is 18.0. The van der Waals surface area contributed by atoms with Crippen LogP contribution in [0.15, 0.2) is 41.8 Å². The Morgan fingerprint density at radius 1 is 1.15 bits per heavy atom. The molecule has 1 aromatic carbocycles. The highest BCUT2D eigenvalue weighted by Gasteiger charge is 2.26. The van der Waals surface area contributed by atoms with Gasteiger partial charge in [-0.1, -0.05) is 6.08 Å². The minimum atomic E-state index is -3.56. The van der Waals surface area contributed by atoms with E-state index in [9.17, 15) is 13.2 Å². The first-order valence-electron chi connectivity index (χ1n) is 9.23. The molecular formula is C19H28ClN3O3S. The van der Waals surface area contributed by atoms with E-state index in [-0.39, 0.29) is 29.8 Å². The Kier molecular flexibility index (Phi) is 7.85. The molecule has 2 fully saturated rings. The molecule has 150 valence electrons. The minimum absolute atomic E-state index is 0. The number of nitrogens with zero attached hydrogens (tertiary/aromatic N) is 1. The maximum atomic E-state index is 12.6. The lowest BCUT2D eigenvalue weighted by molar-refractivity contribution is 0.0705. The zero-order chi connectivity index (χ0) is 18.6. The summed E-state index contributed by atoms with van der Waals surface area (Å²) < 4.78 is 26.5. The molecule has 1 amide bonds. The first-order valence-corrected chi connectivity index (χ1v) is 10.7. The van der Waals surface area contributed by atoms with Crippen LogP contribution in [-0.4, -0.2) is 51.4 Å². The Balaban J connectivity index is 0.00000261. The molecule has 27 heavy (non-hydrogen) atoms. The van der Waals surface area contributed by atoms with Crippen LogP contribution in [0, 0.1) is 5.92 Å².